The van der Waals surface area contributed by atoms with Crippen molar-refractivity contribution in [1.82, 2.24) is 9.80 Å². The van der Waals surface area contributed by atoms with Crippen LogP contribution in [0.3, 0.4) is 0 Å². The van der Waals surface area contributed by atoms with E-state index in [-0.39, 0.29) is 5.56 Å². The summed E-state index contributed by atoms with van der Waals surface area (Å²) in [6.45, 7) is 4.77. The Balaban J connectivity index is 0.000000194. The Kier molecular flexibility index (Phi) is 10.4. The number of halogens is 3. The van der Waals surface area contributed by atoms with E-state index in [4.69, 9.17) is 5.26 Å². The van der Waals surface area contributed by atoms with E-state index in [0.29, 0.717) is 24.0 Å². The first-order chi connectivity index (χ1) is 17.6. The number of amides is 1. The van der Waals surface area contributed by atoms with Gasteiger partial charge in [0, 0.05) is 37.1 Å². The number of alkyl halides is 3. The Bertz CT molecular complexity index is 872. The van der Waals surface area contributed by atoms with E-state index in [1.54, 1.807) is 6.92 Å². The molecule has 1 saturated heterocycles. The maximum Gasteiger partial charge on any atom is 0.421 e. The van der Waals surface area contributed by atoms with Crippen molar-refractivity contribution in [3.05, 3.63) is 35.4 Å². The van der Waals surface area contributed by atoms with Gasteiger partial charge in [0.25, 0.3) is 0 Å². The topological polar surface area (TPSA) is 67.6 Å². The van der Waals surface area contributed by atoms with E-state index < -0.39 is 11.8 Å². The van der Waals surface area contributed by atoms with Gasteiger partial charge < -0.3 is 14.9 Å². The van der Waals surface area contributed by atoms with Crippen LogP contribution in [0.4, 0.5) is 13.2 Å². The number of carbonyl (C=O) groups is 1. The summed E-state index contributed by atoms with van der Waals surface area (Å²) in [7, 11) is 0. The maximum absolute atomic E-state index is 12.4. The first-order valence-corrected chi connectivity index (χ1v) is 13.8. The second-order valence-corrected chi connectivity index (χ2v) is 11.2. The van der Waals surface area contributed by atoms with Gasteiger partial charge in [0.15, 0.2) is 5.60 Å². The zero-order valence-corrected chi connectivity index (χ0v) is 22.2. The van der Waals surface area contributed by atoms with E-state index in [9.17, 15) is 23.1 Å². The lowest BCUT2D eigenvalue weighted by Crippen LogP contribution is -2.49. The Hall–Kier alpha value is -2.11. The summed E-state index contributed by atoms with van der Waals surface area (Å²) in [6, 6.07) is 9.76. The van der Waals surface area contributed by atoms with Gasteiger partial charge in [-0.1, -0.05) is 49.1 Å². The van der Waals surface area contributed by atoms with Gasteiger partial charge in [-0.25, -0.2) is 0 Å². The van der Waals surface area contributed by atoms with E-state index >= 15 is 0 Å². The molecular weight excluding hydrogens is 479 g/mol. The van der Waals surface area contributed by atoms with Crippen molar-refractivity contribution in [2.24, 2.45) is 5.92 Å². The first kappa shape index (κ1) is 29.4. The number of carbonyl (C=O) groups excluding carboxylic acids is 1. The third-order valence-electron chi connectivity index (χ3n) is 7.93. The summed E-state index contributed by atoms with van der Waals surface area (Å²) in [4.78, 5) is 15.9. The normalized spacial score (nSPS) is 25.8. The molecule has 4 aliphatic rings. The van der Waals surface area contributed by atoms with Gasteiger partial charge in [0.1, 0.15) is 0 Å². The molecule has 5 rings (SSSR count). The number of rotatable bonds is 5. The third-order valence-corrected chi connectivity index (χ3v) is 7.93. The molecule has 37 heavy (non-hydrogen) atoms. The number of piperidine rings is 1. The molecule has 1 amide bonds. The molecule has 1 N–H and O–H groups in total. The fourth-order valence-corrected chi connectivity index (χ4v) is 5.00. The van der Waals surface area contributed by atoms with Crippen molar-refractivity contribution in [3.8, 4) is 6.07 Å². The van der Waals surface area contributed by atoms with Crippen LogP contribution in [0, 0.1) is 24.2 Å². The van der Waals surface area contributed by atoms with Crippen LogP contribution in [-0.2, 0) is 10.4 Å². The Morgan fingerprint density at radius 2 is 1.46 bits per heavy atom. The van der Waals surface area contributed by atoms with Crippen LogP contribution in [0.2, 0.25) is 0 Å². The molecule has 1 aromatic rings. The highest BCUT2D eigenvalue weighted by molar-refractivity contribution is 5.49. The van der Waals surface area contributed by atoms with Crippen LogP contribution >= 0.6 is 0 Å². The zero-order valence-electron chi connectivity index (χ0n) is 22.2. The summed E-state index contributed by atoms with van der Waals surface area (Å²) >= 11 is 0. The quantitative estimate of drug-likeness (QED) is 0.476. The molecule has 0 radical (unpaired) electrons. The van der Waals surface area contributed by atoms with E-state index in [1.807, 2.05) is 0 Å². The Labute approximate surface area is 219 Å². The minimum absolute atomic E-state index is 0.143. The summed E-state index contributed by atoms with van der Waals surface area (Å²) in [5, 5.41) is 18.3. The standard InChI is InChI=1S/C16H25N3O.C10H11F3O.C3H6/c17-11-13-1-3-14(4-2-13)18-9-7-16(8-10-18)19(12-20)15-5-6-15;1-7-3-5-8(6-4-7)9(2,14)10(11,12)13;1-2-3-1/h12-16H,1-10H2;3-6,14H,1-2H3;1-3H2. The molecule has 1 heterocycles. The molecule has 8 heteroatoms. The van der Waals surface area contributed by atoms with Gasteiger partial charge in [-0.05, 0) is 70.8 Å². The molecule has 206 valence electrons. The highest BCUT2D eigenvalue weighted by Crippen LogP contribution is 2.38. The number of hydrogen-bond acceptors (Lipinski definition) is 4. The highest BCUT2D eigenvalue weighted by Gasteiger charge is 2.51. The molecule has 0 aromatic heterocycles. The van der Waals surface area contributed by atoms with Gasteiger partial charge in [0.05, 0.1) is 6.07 Å². The number of nitrogens with zero attached hydrogens (tertiary/aromatic N) is 3. The Morgan fingerprint density at radius 3 is 1.86 bits per heavy atom. The monoisotopic (exact) mass is 521 g/mol. The van der Waals surface area contributed by atoms with Gasteiger partial charge in [0.2, 0.25) is 6.41 Å². The predicted molar refractivity (Wildman–Crippen MR) is 138 cm³/mol. The molecule has 1 atom stereocenters. The minimum atomic E-state index is -4.65. The number of benzene rings is 1. The molecule has 3 aliphatic carbocycles. The molecule has 1 aliphatic heterocycles. The zero-order chi connectivity index (χ0) is 27.1. The molecule has 0 spiro atoms. The lowest BCUT2D eigenvalue weighted by molar-refractivity contribution is -0.258. The molecule has 1 aromatic carbocycles. The van der Waals surface area contributed by atoms with Crippen LogP contribution in [0.15, 0.2) is 24.3 Å². The van der Waals surface area contributed by atoms with Gasteiger partial charge in [-0.2, -0.15) is 18.4 Å². The van der Waals surface area contributed by atoms with Crippen LogP contribution in [0.25, 0.3) is 0 Å². The molecule has 5 nitrogen and oxygen atoms in total. The number of hydrogen-bond donors (Lipinski definition) is 1. The van der Waals surface area contributed by atoms with Crippen molar-refractivity contribution in [2.45, 2.75) is 114 Å². The lowest BCUT2D eigenvalue weighted by atomic mass is 9.85. The van der Waals surface area contributed by atoms with Crippen LogP contribution < -0.4 is 0 Å². The summed E-state index contributed by atoms with van der Waals surface area (Å²) in [6.07, 6.45) is 10.1. The molecule has 0 bridgehead atoms. The van der Waals surface area contributed by atoms with Gasteiger partial charge >= 0.3 is 6.18 Å². The SMILES string of the molecule is C1CC1.Cc1ccc(C(C)(O)C(F)(F)F)cc1.N#CC1CCC(N2CCC(N(C=O)C3CC3)CC2)CC1. The van der Waals surface area contributed by atoms with E-state index in [0.717, 1.165) is 57.7 Å². The predicted octanol–water partition coefficient (Wildman–Crippen LogP) is 6.09. The van der Waals surface area contributed by atoms with Crippen molar-refractivity contribution in [2.75, 3.05) is 13.1 Å². The van der Waals surface area contributed by atoms with E-state index in [2.05, 4.69) is 15.9 Å². The number of aliphatic hydroxyl groups is 1. The Morgan fingerprint density at radius 1 is 0.946 bits per heavy atom. The molecule has 1 unspecified atom stereocenters. The van der Waals surface area contributed by atoms with Crippen molar-refractivity contribution in [3.63, 3.8) is 0 Å². The van der Waals surface area contributed by atoms with Crippen molar-refractivity contribution in [1.29, 1.82) is 5.26 Å². The van der Waals surface area contributed by atoms with Crippen LogP contribution in [0.5, 0.6) is 0 Å². The summed E-state index contributed by atoms with van der Waals surface area (Å²) < 4.78 is 37.1. The van der Waals surface area contributed by atoms with Gasteiger partial charge in [-0.15, -0.1) is 0 Å². The van der Waals surface area contributed by atoms with Gasteiger partial charge in [-0.3, -0.25) is 4.79 Å². The fraction of sp³-hybridized carbons (Fsp3) is 0.724. The summed E-state index contributed by atoms with van der Waals surface area (Å²) in [5.41, 5.74) is -2.07. The number of nitriles is 1. The van der Waals surface area contributed by atoms with Crippen LogP contribution in [0.1, 0.15) is 88.7 Å². The average molecular weight is 522 g/mol. The number of aryl methyl sites for hydroxylation is 1. The largest absolute Gasteiger partial charge is 0.421 e. The number of likely N-dealkylation sites (tertiary alicyclic amines) is 1. The van der Waals surface area contributed by atoms with Crippen LogP contribution in [-0.4, -0.2) is 58.7 Å². The second kappa shape index (κ2) is 13.1. The third kappa shape index (κ3) is 8.71. The first-order valence-electron chi connectivity index (χ1n) is 13.8. The van der Waals surface area contributed by atoms with E-state index in [1.165, 1.54) is 69.2 Å². The smallest absolute Gasteiger partial charge is 0.376 e. The minimum Gasteiger partial charge on any atom is -0.376 e. The highest BCUT2D eigenvalue weighted by atomic mass is 19.4. The molecule has 4 fully saturated rings. The molecule has 3 saturated carbocycles. The van der Waals surface area contributed by atoms with Crippen molar-refractivity contribution < 1.29 is 23.1 Å². The van der Waals surface area contributed by atoms with Crippen molar-refractivity contribution >= 4 is 6.41 Å². The molecular formula is C29H42F3N3O2. The fourth-order valence-electron chi connectivity index (χ4n) is 5.00. The average Bonchev–Trinajstić information content (AvgIpc) is 3.78. The second-order valence-electron chi connectivity index (χ2n) is 11.2. The lowest BCUT2D eigenvalue weighted by Gasteiger charge is -2.42. The maximum atomic E-state index is 12.4. The summed E-state index contributed by atoms with van der Waals surface area (Å²) in [5.74, 6) is 0.296.